The van der Waals surface area contributed by atoms with Gasteiger partial charge in [-0.2, -0.15) is 0 Å². The van der Waals surface area contributed by atoms with Crippen LogP contribution in [0.1, 0.15) is 25.7 Å². The molecule has 0 saturated heterocycles. The van der Waals surface area contributed by atoms with Gasteiger partial charge in [-0.3, -0.25) is 4.79 Å². The number of nitrogens with zero attached hydrogens (tertiary/aromatic N) is 1. The van der Waals surface area contributed by atoms with E-state index in [0.717, 1.165) is 12.8 Å². The Hall–Kier alpha value is -0.940. The van der Waals surface area contributed by atoms with E-state index in [2.05, 4.69) is 26.2 Å². The molecule has 1 heterocycles. The van der Waals surface area contributed by atoms with Crippen molar-refractivity contribution in [1.82, 2.24) is 4.98 Å². The first kappa shape index (κ1) is 11.5. The minimum Gasteiger partial charge on any atom is -0.380 e. The van der Waals surface area contributed by atoms with Crippen molar-refractivity contribution in [3.8, 4) is 0 Å². The number of aromatic nitrogens is 1. The highest BCUT2D eigenvalue weighted by atomic mass is 79.9. The van der Waals surface area contributed by atoms with Gasteiger partial charge in [-0.25, -0.2) is 4.98 Å². The molecule has 0 radical (unpaired) electrons. The smallest absolute Gasteiger partial charge is 0.256 e. The molecule has 1 aliphatic carbocycles. The molecule has 86 valence electrons. The van der Waals surface area contributed by atoms with E-state index in [1.807, 2.05) is 0 Å². The van der Waals surface area contributed by atoms with E-state index in [9.17, 15) is 9.90 Å². The second kappa shape index (κ2) is 4.51. The van der Waals surface area contributed by atoms with Gasteiger partial charge in [0.1, 0.15) is 10.2 Å². The Morgan fingerprint density at radius 3 is 2.81 bits per heavy atom. The number of amides is 1. The number of aliphatic hydroxyl groups is 1. The van der Waals surface area contributed by atoms with Crippen molar-refractivity contribution in [2.24, 2.45) is 0 Å². The van der Waals surface area contributed by atoms with Crippen LogP contribution in [0.15, 0.2) is 22.9 Å². The Kier molecular flexibility index (Phi) is 3.25. The fraction of sp³-hybridized carbons (Fsp3) is 0.455. The first-order chi connectivity index (χ1) is 7.60. The normalized spacial score (nSPS) is 18.4. The highest BCUT2D eigenvalue weighted by Gasteiger charge is 2.38. The Morgan fingerprint density at radius 2 is 2.19 bits per heavy atom. The first-order valence-electron chi connectivity index (χ1n) is 5.25. The Morgan fingerprint density at radius 1 is 1.50 bits per heavy atom. The maximum atomic E-state index is 11.9. The summed E-state index contributed by atoms with van der Waals surface area (Å²) in [5, 5.41) is 12.8. The zero-order valence-corrected chi connectivity index (χ0v) is 10.3. The van der Waals surface area contributed by atoms with Gasteiger partial charge >= 0.3 is 0 Å². The van der Waals surface area contributed by atoms with E-state index in [1.54, 1.807) is 18.3 Å². The predicted molar refractivity (Wildman–Crippen MR) is 64.0 cm³/mol. The van der Waals surface area contributed by atoms with Crippen LogP contribution in [-0.4, -0.2) is 21.6 Å². The summed E-state index contributed by atoms with van der Waals surface area (Å²) >= 11 is 3.22. The van der Waals surface area contributed by atoms with Crippen molar-refractivity contribution in [1.29, 1.82) is 0 Å². The molecule has 0 bridgehead atoms. The number of pyridine rings is 1. The molecule has 2 rings (SSSR count). The number of anilines is 1. The SMILES string of the molecule is O=C(Nc1ccnc(Br)c1)C1(O)CCCC1. The molecule has 16 heavy (non-hydrogen) atoms. The van der Waals surface area contributed by atoms with Crippen molar-refractivity contribution in [2.45, 2.75) is 31.3 Å². The Labute approximate surface area is 102 Å². The third-order valence-electron chi connectivity index (χ3n) is 2.84. The zero-order chi connectivity index (χ0) is 11.6. The molecule has 0 atom stereocenters. The summed E-state index contributed by atoms with van der Waals surface area (Å²) in [6.45, 7) is 0. The van der Waals surface area contributed by atoms with Gasteiger partial charge in [0.05, 0.1) is 0 Å². The zero-order valence-electron chi connectivity index (χ0n) is 8.74. The van der Waals surface area contributed by atoms with E-state index < -0.39 is 5.60 Å². The molecule has 1 saturated carbocycles. The topological polar surface area (TPSA) is 62.2 Å². The second-order valence-corrected chi connectivity index (χ2v) is 4.87. The highest BCUT2D eigenvalue weighted by Crippen LogP contribution is 2.30. The molecule has 5 heteroatoms. The van der Waals surface area contributed by atoms with E-state index in [4.69, 9.17) is 0 Å². The number of carbonyl (C=O) groups excluding carboxylic acids is 1. The minimum atomic E-state index is -1.18. The van der Waals surface area contributed by atoms with Crippen molar-refractivity contribution in [3.63, 3.8) is 0 Å². The first-order valence-corrected chi connectivity index (χ1v) is 6.05. The molecule has 0 unspecified atom stereocenters. The summed E-state index contributed by atoms with van der Waals surface area (Å²) in [5.74, 6) is -0.317. The average Bonchev–Trinajstić information content (AvgIpc) is 2.66. The van der Waals surface area contributed by atoms with Gasteiger partial charge in [0.15, 0.2) is 0 Å². The standard InChI is InChI=1S/C11H13BrN2O2/c12-9-7-8(3-6-13-9)14-10(15)11(16)4-1-2-5-11/h3,6-7,16H,1-2,4-5H2,(H,13,14,15). The fourth-order valence-electron chi connectivity index (χ4n) is 1.91. The quantitative estimate of drug-likeness (QED) is 0.818. The molecular weight excluding hydrogens is 272 g/mol. The number of hydrogen-bond acceptors (Lipinski definition) is 3. The minimum absolute atomic E-state index is 0.317. The van der Waals surface area contributed by atoms with Gasteiger partial charge in [-0.1, -0.05) is 0 Å². The number of rotatable bonds is 2. The molecule has 0 aliphatic heterocycles. The lowest BCUT2D eigenvalue weighted by molar-refractivity contribution is -0.133. The van der Waals surface area contributed by atoms with Crippen LogP contribution in [0.25, 0.3) is 0 Å². The number of hydrogen-bond donors (Lipinski definition) is 2. The lowest BCUT2D eigenvalue weighted by atomic mass is 10.0. The molecule has 1 aromatic rings. The van der Waals surface area contributed by atoms with Crippen molar-refractivity contribution in [3.05, 3.63) is 22.9 Å². The van der Waals surface area contributed by atoms with E-state index in [0.29, 0.717) is 23.1 Å². The largest absolute Gasteiger partial charge is 0.380 e. The number of halogens is 1. The van der Waals surface area contributed by atoms with Crippen LogP contribution in [0.5, 0.6) is 0 Å². The average molecular weight is 285 g/mol. The molecule has 1 fully saturated rings. The lowest BCUT2D eigenvalue weighted by Gasteiger charge is -2.20. The Balaban J connectivity index is 2.07. The van der Waals surface area contributed by atoms with Crippen LogP contribution < -0.4 is 5.32 Å². The third kappa shape index (κ3) is 2.41. The maximum absolute atomic E-state index is 11.9. The summed E-state index contributed by atoms with van der Waals surface area (Å²) in [7, 11) is 0. The molecule has 1 aromatic heterocycles. The molecule has 4 nitrogen and oxygen atoms in total. The van der Waals surface area contributed by atoms with Crippen LogP contribution in [0.2, 0.25) is 0 Å². The molecule has 1 aliphatic rings. The molecule has 0 aromatic carbocycles. The summed E-state index contributed by atoms with van der Waals surface area (Å²) in [6.07, 6.45) is 4.50. The van der Waals surface area contributed by atoms with Gasteiger partial charge in [-0.15, -0.1) is 0 Å². The Bertz CT molecular complexity index is 403. The van der Waals surface area contributed by atoms with Crippen LogP contribution >= 0.6 is 15.9 Å². The number of nitrogens with one attached hydrogen (secondary N) is 1. The van der Waals surface area contributed by atoms with Crippen LogP contribution in [0, 0.1) is 0 Å². The van der Waals surface area contributed by atoms with E-state index >= 15 is 0 Å². The van der Waals surface area contributed by atoms with Crippen molar-refractivity contribution < 1.29 is 9.90 Å². The lowest BCUT2D eigenvalue weighted by Crippen LogP contribution is -2.40. The van der Waals surface area contributed by atoms with Crippen LogP contribution in [0.4, 0.5) is 5.69 Å². The molecular formula is C11H13BrN2O2. The number of carbonyl (C=O) groups is 1. The molecule has 2 N–H and O–H groups in total. The van der Waals surface area contributed by atoms with Gasteiger partial charge in [0, 0.05) is 11.9 Å². The summed E-state index contributed by atoms with van der Waals surface area (Å²) < 4.78 is 0.656. The summed E-state index contributed by atoms with van der Waals surface area (Å²) in [6, 6.07) is 3.40. The predicted octanol–water partition coefficient (Wildman–Crippen LogP) is 2.09. The van der Waals surface area contributed by atoms with Crippen molar-refractivity contribution in [2.75, 3.05) is 5.32 Å². The van der Waals surface area contributed by atoms with Gasteiger partial charge in [0.2, 0.25) is 0 Å². The summed E-state index contributed by atoms with van der Waals surface area (Å²) in [4.78, 5) is 15.8. The third-order valence-corrected chi connectivity index (χ3v) is 3.27. The monoisotopic (exact) mass is 284 g/mol. The molecule has 0 spiro atoms. The van der Waals surface area contributed by atoms with Crippen LogP contribution in [0.3, 0.4) is 0 Å². The van der Waals surface area contributed by atoms with Crippen molar-refractivity contribution >= 4 is 27.5 Å². The van der Waals surface area contributed by atoms with Crippen LogP contribution in [-0.2, 0) is 4.79 Å². The maximum Gasteiger partial charge on any atom is 0.256 e. The van der Waals surface area contributed by atoms with Gasteiger partial charge in [-0.05, 0) is 53.7 Å². The highest BCUT2D eigenvalue weighted by molar-refractivity contribution is 9.10. The second-order valence-electron chi connectivity index (χ2n) is 4.06. The van der Waals surface area contributed by atoms with E-state index in [1.165, 1.54) is 0 Å². The van der Waals surface area contributed by atoms with E-state index in [-0.39, 0.29) is 5.91 Å². The van der Waals surface area contributed by atoms with Gasteiger partial charge in [0.25, 0.3) is 5.91 Å². The molecule has 1 amide bonds. The summed E-state index contributed by atoms with van der Waals surface area (Å²) in [5.41, 5.74) is -0.539. The fourth-order valence-corrected chi connectivity index (χ4v) is 2.28. The van der Waals surface area contributed by atoms with Gasteiger partial charge < -0.3 is 10.4 Å².